The van der Waals surface area contributed by atoms with Crippen LogP contribution in [0.3, 0.4) is 0 Å². The zero-order valence-electron chi connectivity index (χ0n) is 13.6. The summed E-state index contributed by atoms with van der Waals surface area (Å²) in [5, 5.41) is 0. The highest BCUT2D eigenvalue weighted by molar-refractivity contribution is 7.85. The summed E-state index contributed by atoms with van der Waals surface area (Å²) in [5.74, 6) is -0.910. The van der Waals surface area contributed by atoms with E-state index in [2.05, 4.69) is 9.13 Å². The van der Waals surface area contributed by atoms with E-state index in [1.54, 1.807) is 26.0 Å². The zero-order valence-corrected chi connectivity index (χ0v) is 14.4. The van der Waals surface area contributed by atoms with Gasteiger partial charge < -0.3 is 4.74 Å². The lowest BCUT2D eigenvalue weighted by atomic mass is 10.0. The first-order valence-electron chi connectivity index (χ1n) is 7.05. The predicted molar refractivity (Wildman–Crippen MR) is 87.0 cm³/mol. The first kappa shape index (κ1) is 18.5. The van der Waals surface area contributed by atoms with Gasteiger partial charge >= 0.3 is 5.97 Å². The predicted octanol–water partition coefficient (Wildman–Crippen LogP) is 3.53. The average Bonchev–Trinajstić information content (AvgIpc) is 2.45. The maximum absolute atomic E-state index is 14.0. The molecule has 0 fully saturated rings. The van der Waals surface area contributed by atoms with Crippen LogP contribution in [0.25, 0.3) is 0 Å². The Bertz CT molecular complexity index is 593. The van der Waals surface area contributed by atoms with Crippen molar-refractivity contribution in [1.82, 2.24) is 0 Å². The van der Waals surface area contributed by atoms with Gasteiger partial charge in [-0.25, -0.2) is 13.4 Å². The molecule has 0 N–H and O–H groups in total. The van der Waals surface area contributed by atoms with Gasteiger partial charge in [-0.2, -0.15) is 4.40 Å². The van der Waals surface area contributed by atoms with Crippen molar-refractivity contribution in [2.24, 2.45) is 4.40 Å². The molecule has 0 saturated carbocycles. The Labute approximate surface area is 133 Å². The SMILES string of the molecule is CCOC(=O)C(F)c1cccc(/C(C)=N/[S@](=O)C(C)(C)C)c1. The lowest BCUT2D eigenvalue weighted by Gasteiger charge is -2.14. The molecule has 1 aromatic carbocycles. The van der Waals surface area contributed by atoms with Crippen molar-refractivity contribution in [3.63, 3.8) is 0 Å². The molecule has 0 aromatic heterocycles. The summed E-state index contributed by atoms with van der Waals surface area (Å²) >= 11 is 0. The van der Waals surface area contributed by atoms with Crippen molar-refractivity contribution >= 4 is 22.7 Å². The van der Waals surface area contributed by atoms with Crippen molar-refractivity contribution in [3.05, 3.63) is 35.4 Å². The van der Waals surface area contributed by atoms with E-state index in [-0.39, 0.29) is 12.2 Å². The van der Waals surface area contributed by atoms with E-state index in [9.17, 15) is 13.4 Å². The van der Waals surface area contributed by atoms with Gasteiger partial charge in [-0.1, -0.05) is 18.2 Å². The Balaban J connectivity index is 3.04. The number of hydrogen-bond acceptors (Lipinski definition) is 3. The molecule has 22 heavy (non-hydrogen) atoms. The second-order valence-electron chi connectivity index (χ2n) is 5.78. The van der Waals surface area contributed by atoms with Gasteiger partial charge in [0.05, 0.1) is 17.1 Å². The summed E-state index contributed by atoms with van der Waals surface area (Å²) in [5.41, 5.74) is 1.36. The smallest absolute Gasteiger partial charge is 0.345 e. The van der Waals surface area contributed by atoms with E-state index >= 15 is 0 Å². The molecule has 2 atom stereocenters. The number of carbonyl (C=O) groups excluding carboxylic acids is 1. The number of esters is 1. The Kier molecular flexibility index (Phi) is 6.41. The fourth-order valence-electron chi connectivity index (χ4n) is 1.59. The molecule has 0 aliphatic carbocycles. The minimum atomic E-state index is -1.83. The zero-order chi connectivity index (χ0) is 16.9. The molecule has 0 amide bonds. The van der Waals surface area contributed by atoms with Crippen molar-refractivity contribution < 1.29 is 18.1 Å². The summed E-state index contributed by atoms with van der Waals surface area (Å²) in [6.07, 6.45) is -1.83. The maximum atomic E-state index is 14.0. The number of halogens is 1. The summed E-state index contributed by atoms with van der Waals surface area (Å²) in [6.45, 7) is 8.95. The molecular formula is C16H22FNO3S. The highest BCUT2D eigenvalue weighted by atomic mass is 32.2. The second kappa shape index (κ2) is 7.63. The third kappa shape index (κ3) is 5.02. The van der Waals surface area contributed by atoms with Gasteiger partial charge in [0.25, 0.3) is 0 Å². The van der Waals surface area contributed by atoms with Gasteiger partial charge in [0.1, 0.15) is 11.0 Å². The van der Waals surface area contributed by atoms with Crippen molar-refractivity contribution in [3.8, 4) is 0 Å². The van der Waals surface area contributed by atoms with E-state index in [1.807, 2.05) is 20.8 Å². The fourth-order valence-corrected chi connectivity index (χ4v) is 2.21. The van der Waals surface area contributed by atoms with Crippen LogP contribution < -0.4 is 0 Å². The van der Waals surface area contributed by atoms with Gasteiger partial charge in [-0.3, -0.25) is 0 Å². The van der Waals surface area contributed by atoms with Crippen LogP contribution in [0.4, 0.5) is 4.39 Å². The molecule has 0 saturated heterocycles. The van der Waals surface area contributed by atoms with Crippen molar-refractivity contribution in [2.45, 2.75) is 45.5 Å². The number of hydrogen-bond donors (Lipinski definition) is 0. The quantitative estimate of drug-likeness (QED) is 0.614. The number of alkyl halides is 1. The Morgan fingerprint density at radius 2 is 2.05 bits per heavy atom. The maximum Gasteiger partial charge on any atom is 0.345 e. The van der Waals surface area contributed by atoms with Crippen LogP contribution in [0.2, 0.25) is 0 Å². The largest absolute Gasteiger partial charge is 0.464 e. The van der Waals surface area contributed by atoms with E-state index < -0.39 is 27.9 Å². The Morgan fingerprint density at radius 1 is 1.41 bits per heavy atom. The highest BCUT2D eigenvalue weighted by Crippen LogP contribution is 2.21. The van der Waals surface area contributed by atoms with Crippen LogP contribution in [0, 0.1) is 0 Å². The second-order valence-corrected chi connectivity index (χ2v) is 7.68. The van der Waals surface area contributed by atoms with Crippen LogP contribution in [-0.2, 0) is 20.5 Å². The van der Waals surface area contributed by atoms with E-state index in [0.717, 1.165) is 0 Å². The molecule has 1 unspecified atom stereocenters. The number of carbonyl (C=O) groups is 1. The van der Waals surface area contributed by atoms with Crippen LogP contribution in [-0.4, -0.2) is 27.2 Å². The minimum Gasteiger partial charge on any atom is -0.464 e. The van der Waals surface area contributed by atoms with Crippen LogP contribution in [0.15, 0.2) is 28.7 Å². The van der Waals surface area contributed by atoms with Gasteiger partial charge in [0.2, 0.25) is 6.17 Å². The fraction of sp³-hybridized carbons (Fsp3) is 0.500. The highest BCUT2D eigenvalue weighted by Gasteiger charge is 2.22. The minimum absolute atomic E-state index is 0.129. The lowest BCUT2D eigenvalue weighted by Crippen LogP contribution is -2.20. The van der Waals surface area contributed by atoms with Crippen molar-refractivity contribution in [1.29, 1.82) is 0 Å². The van der Waals surface area contributed by atoms with Crippen molar-refractivity contribution in [2.75, 3.05) is 6.61 Å². The topological polar surface area (TPSA) is 55.7 Å². The third-order valence-corrected chi connectivity index (χ3v) is 4.32. The lowest BCUT2D eigenvalue weighted by molar-refractivity contribution is -0.149. The Hall–Kier alpha value is -1.56. The molecule has 0 aliphatic heterocycles. The number of benzene rings is 1. The number of nitrogens with zero attached hydrogens (tertiary/aromatic N) is 1. The Morgan fingerprint density at radius 3 is 2.59 bits per heavy atom. The normalized spacial score (nSPS) is 15.3. The molecule has 0 heterocycles. The summed E-state index contributed by atoms with van der Waals surface area (Å²) in [6, 6.07) is 6.41. The number of ether oxygens (including phenoxy) is 1. The molecule has 1 rings (SSSR count). The van der Waals surface area contributed by atoms with E-state index in [4.69, 9.17) is 0 Å². The molecule has 0 radical (unpaired) electrons. The molecular weight excluding hydrogens is 305 g/mol. The first-order valence-corrected chi connectivity index (χ1v) is 8.15. The third-order valence-electron chi connectivity index (χ3n) is 2.83. The molecule has 0 spiro atoms. The monoisotopic (exact) mass is 327 g/mol. The number of rotatable bonds is 5. The first-order chi connectivity index (χ1) is 10.2. The standard InChI is InChI=1S/C16H22FNO3S/c1-6-21-15(19)14(17)13-9-7-8-12(10-13)11(2)18-22(20)16(3,4)5/h7-10,14H,6H2,1-5H3/b18-11+/t14?,22-/m1/s1. The van der Waals surface area contributed by atoms with Gasteiger partial charge in [0, 0.05) is 0 Å². The summed E-state index contributed by atoms with van der Waals surface area (Å²) in [7, 11) is -1.39. The van der Waals surface area contributed by atoms with Crippen LogP contribution in [0.1, 0.15) is 51.9 Å². The molecule has 0 bridgehead atoms. The molecule has 0 aliphatic rings. The summed E-state index contributed by atoms with van der Waals surface area (Å²) in [4.78, 5) is 11.5. The van der Waals surface area contributed by atoms with E-state index in [1.165, 1.54) is 12.1 Å². The average molecular weight is 327 g/mol. The molecule has 6 heteroatoms. The molecule has 1 aromatic rings. The van der Waals surface area contributed by atoms with Crippen LogP contribution in [0.5, 0.6) is 0 Å². The van der Waals surface area contributed by atoms with Gasteiger partial charge in [-0.05, 0) is 51.8 Å². The van der Waals surface area contributed by atoms with Crippen LogP contribution >= 0.6 is 0 Å². The van der Waals surface area contributed by atoms with E-state index in [0.29, 0.717) is 11.3 Å². The van der Waals surface area contributed by atoms with Gasteiger partial charge in [0.15, 0.2) is 0 Å². The molecule has 122 valence electrons. The summed E-state index contributed by atoms with van der Waals surface area (Å²) < 4.78 is 34.4. The van der Waals surface area contributed by atoms with Gasteiger partial charge in [-0.15, -0.1) is 0 Å². The molecule has 4 nitrogen and oxygen atoms in total.